The molecule has 0 saturated heterocycles. The van der Waals surface area contributed by atoms with Crippen LogP contribution in [0.25, 0.3) is 5.53 Å². The van der Waals surface area contributed by atoms with Crippen molar-refractivity contribution in [1.82, 2.24) is 0 Å². The molecule has 0 atom stereocenters. The molecule has 0 rings (SSSR count). The first-order valence-electron chi connectivity index (χ1n) is 1.27. The Morgan fingerprint density at radius 2 is 1.50 bits per heavy atom. The molecule has 0 aliphatic heterocycles. The molecule has 2 radical (unpaired) electrons. The second-order valence-electron chi connectivity index (χ2n) is 0.769. The smallest absolute Gasteiger partial charge is 0.717 e. The molecule has 2 nitrogen and oxygen atoms in total. The molecule has 0 fully saturated rings. The Kier molecular flexibility index (Phi) is 44.8. The van der Waals surface area contributed by atoms with Crippen molar-refractivity contribution < 1.29 is 58.2 Å². The molecular formula is C3H5N2V2W-. The summed E-state index contributed by atoms with van der Waals surface area (Å²) in [5, 5.41) is 2.67. The zero-order chi connectivity index (χ0) is 4.28. The first-order valence-corrected chi connectivity index (χ1v) is 1.27. The maximum Gasteiger partial charge on any atom is 2.00 e. The molecule has 0 aliphatic carbocycles. The summed E-state index contributed by atoms with van der Waals surface area (Å²) in [7, 11) is 0. The van der Waals surface area contributed by atoms with Gasteiger partial charge in [-0.15, -0.1) is 0 Å². The molecule has 0 amide bonds. The molecule has 8 heavy (non-hydrogen) atoms. The van der Waals surface area contributed by atoms with E-state index in [1.165, 1.54) is 0 Å². The van der Waals surface area contributed by atoms with E-state index >= 15 is 0 Å². The van der Waals surface area contributed by atoms with Gasteiger partial charge in [-0.1, -0.05) is 0 Å². The van der Waals surface area contributed by atoms with E-state index in [0.717, 1.165) is 0 Å². The van der Waals surface area contributed by atoms with Gasteiger partial charge in [0.15, 0.2) is 0 Å². The molecule has 0 unspecified atom stereocenters. The summed E-state index contributed by atoms with van der Waals surface area (Å²) in [6, 6.07) is -0.435. The van der Waals surface area contributed by atoms with Crippen LogP contribution in [0.15, 0.2) is 5.11 Å². The number of rotatable bonds is 1. The van der Waals surface area contributed by atoms with Gasteiger partial charge in [-0.25, -0.2) is 6.04 Å². The predicted molar refractivity (Wildman–Crippen MR) is 20.3 cm³/mol. The summed E-state index contributed by atoms with van der Waals surface area (Å²) < 4.78 is 0. The van der Waals surface area contributed by atoms with Crippen molar-refractivity contribution in [2.24, 2.45) is 5.11 Å². The van der Waals surface area contributed by atoms with Crippen molar-refractivity contribution in [2.45, 2.75) is 6.04 Å². The van der Waals surface area contributed by atoms with E-state index in [-0.39, 0.29) is 58.2 Å². The van der Waals surface area contributed by atoms with Crippen LogP contribution in [0.5, 0.6) is 0 Å². The van der Waals surface area contributed by atoms with Crippen molar-refractivity contribution >= 4 is 0 Å². The zero-order valence-electron chi connectivity index (χ0n) is 4.19. The van der Waals surface area contributed by atoms with E-state index in [0.29, 0.717) is 0 Å². The molecule has 0 aliphatic rings. The third-order valence-corrected chi connectivity index (χ3v) is 0.163. The van der Waals surface area contributed by atoms with Gasteiger partial charge < -0.3 is 24.5 Å². The van der Waals surface area contributed by atoms with Gasteiger partial charge in [0, 0.05) is 39.6 Å². The average molecular weight is 355 g/mol. The summed E-state index contributed by atoms with van der Waals surface area (Å²) in [6.45, 7) is 6.46. The van der Waals surface area contributed by atoms with Crippen LogP contribution in [-0.4, -0.2) is 6.04 Å². The fourth-order valence-electron chi connectivity index (χ4n) is 0. The summed E-state index contributed by atoms with van der Waals surface area (Å²) in [5.74, 6) is 0. The SMILES string of the molecule is [CH2-]C([CH2-])N=[N-].[V+2].[V].[W]. The molecule has 0 spiro atoms. The molecule has 0 aromatic heterocycles. The normalized spacial score (nSPS) is 5.38. The average Bonchev–Trinajstić information content (AvgIpc) is 1.38. The van der Waals surface area contributed by atoms with Gasteiger partial charge in [0.1, 0.15) is 0 Å². The second-order valence-corrected chi connectivity index (χ2v) is 0.769. The van der Waals surface area contributed by atoms with Crippen molar-refractivity contribution in [3.05, 3.63) is 19.4 Å². The van der Waals surface area contributed by atoms with Gasteiger partial charge in [-0.2, -0.15) is 0 Å². The minimum Gasteiger partial charge on any atom is -0.717 e. The Bertz CT molecular complexity index is 42.3. The van der Waals surface area contributed by atoms with Crippen molar-refractivity contribution in [3.8, 4) is 0 Å². The Morgan fingerprint density at radius 3 is 1.50 bits per heavy atom. The van der Waals surface area contributed by atoms with E-state index in [1.54, 1.807) is 0 Å². The molecule has 0 bridgehead atoms. The van der Waals surface area contributed by atoms with Crippen molar-refractivity contribution in [3.63, 3.8) is 0 Å². The topological polar surface area (TPSA) is 34.7 Å². The van der Waals surface area contributed by atoms with Crippen LogP contribution < -0.4 is 0 Å². The van der Waals surface area contributed by atoms with Crippen LogP contribution in [0.3, 0.4) is 0 Å². The quantitative estimate of drug-likeness (QED) is 0.498. The largest absolute Gasteiger partial charge is 2.00 e. The van der Waals surface area contributed by atoms with Crippen LogP contribution in [0.1, 0.15) is 0 Å². The molecule has 0 aromatic carbocycles. The van der Waals surface area contributed by atoms with E-state index < -0.39 is 6.04 Å². The van der Waals surface area contributed by atoms with Gasteiger partial charge in [-0.05, 0) is 0 Å². The van der Waals surface area contributed by atoms with E-state index in [1.807, 2.05) is 0 Å². The van der Waals surface area contributed by atoms with Crippen LogP contribution in [0, 0.1) is 13.8 Å². The monoisotopic (exact) mass is 355 g/mol. The fourth-order valence-corrected chi connectivity index (χ4v) is 0. The van der Waals surface area contributed by atoms with Crippen LogP contribution >= 0.6 is 0 Å². The minimum absolute atomic E-state index is 0. The van der Waals surface area contributed by atoms with Gasteiger partial charge >= 0.3 is 18.6 Å². The van der Waals surface area contributed by atoms with Crippen LogP contribution in [0.2, 0.25) is 0 Å². The van der Waals surface area contributed by atoms with E-state index in [9.17, 15) is 0 Å². The van der Waals surface area contributed by atoms with Crippen molar-refractivity contribution in [2.75, 3.05) is 0 Å². The molecule has 0 aromatic rings. The number of hydrogen-bond donors (Lipinski definition) is 0. The Labute approximate surface area is 88.1 Å². The molecule has 44 valence electrons. The van der Waals surface area contributed by atoms with E-state index in [4.69, 9.17) is 5.53 Å². The maximum absolute atomic E-state index is 7.64. The van der Waals surface area contributed by atoms with Crippen LogP contribution in [-0.2, 0) is 58.2 Å². The first kappa shape index (κ1) is 22.7. The minimum atomic E-state index is -0.435. The van der Waals surface area contributed by atoms with Crippen LogP contribution in [0.4, 0.5) is 0 Å². The first-order chi connectivity index (χ1) is 2.27. The number of nitrogens with zero attached hydrogens (tertiary/aromatic N) is 2. The standard InChI is InChI=1S/C3H5N2.2V.W/c1-3(2)5-4;;;/h3H,1-2H2;;;/q-3;;+2;. The predicted octanol–water partition coefficient (Wildman–Crippen LogP) is 1.04. The molecule has 0 heterocycles. The Balaban J connectivity index is -0.0000000267. The summed E-state index contributed by atoms with van der Waals surface area (Å²) in [4.78, 5) is 0. The molecule has 0 saturated carbocycles. The third kappa shape index (κ3) is 26.0. The third-order valence-electron chi connectivity index (χ3n) is 0.163. The van der Waals surface area contributed by atoms with Gasteiger partial charge in [0.2, 0.25) is 0 Å². The summed E-state index contributed by atoms with van der Waals surface area (Å²) in [6.07, 6.45) is 0. The Hall–Kier alpha value is 1.46. The van der Waals surface area contributed by atoms with Gasteiger partial charge in [-0.3, -0.25) is 0 Å². The zero-order valence-corrected chi connectivity index (χ0v) is 9.92. The molecule has 0 N–H and O–H groups in total. The summed E-state index contributed by atoms with van der Waals surface area (Å²) >= 11 is 0. The molecule has 5 heteroatoms. The fraction of sp³-hybridized carbons (Fsp3) is 0.333. The van der Waals surface area contributed by atoms with Crippen molar-refractivity contribution in [1.29, 1.82) is 0 Å². The van der Waals surface area contributed by atoms with Gasteiger partial charge in [0.25, 0.3) is 0 Å². The molecular weight excluding hydrogens is 350 g/mol. The Morgan fingerprint density at radius 1 is 1.38 bits per heavy atom. The van der Waals surface area contributed by atoms with Gasteiger partial charge in [0.05, 0.1) is 0 Å². The second kappa shape index (κ2) is 15.8. The number of hydrogen-bond acceptors (Lipinski definition) is 1. The van der Waals surface area contributed by atoms with E-state index in [2.05, 4.69) is 19.0 Å². The summed E-state index contributed by atoms with van der Waals surface area (Å²) in [5.41, 5.74) is 7.64. The maximum atomic E-state index is 7.64.